The van der Waals surface area contributed by atoms with Crippen molar-refractivity contribution in [2.24, 2.45) is 0 Å². The van der Waals surface area contributed by atoms with Crippen LogP contribution in [-0.4, -0.2) is 4.98 Å². The molecule has 0 amide bonds. The Kier molecular flexibility index (Phi) is 1.88. The highest BCUT2D eigenvalue weighted by Gasteiger charge is 2.06. The first kappa shape index (κ1) is 8.94. The minimum absolute atomic E-state index is 0.191. The van der Waals surface area contributed by atoms with E-state index in [4.69, 9.17) is 0 Å². The van der Waals surface area contributed by atoms with E-state index in [-0.39, 0.29) is 11.4 Å². The van der Waals surface area contributed by atoms with Crippen LogP contribution in [0.5, 0.6) is 0 Å². The lowest BCUT2D eigenvalue weighted by Crippen LogP contribution is -2.06. The molecule has 2 nitrogen and oxygen atoms in total. The van der Waals surface area contributed by atoms with Gasteiger partial charge < -0.3 is 4.98 Å². The number of pyridine rings is 1. The molecule has 14 heavy (non-hydrogen) atoms. The molecule has 0 unspecified atom stereocenters. The molecule has 3 heteroatoms. The van der Waals surface area contributed by atoms with Gasteiger partial charge >= 0.3 is 0 Å². The molecule has 0 atom stereocenters. The predicted molar refractivity (Wildman–Crippen MR) is 54.0 cm³/mol. The lowest BCUT2D eigenvalue weighted by molar-refractivity contribution is 0.638. The van der Waals surface area contributed by atoms with E-state index in [1.807, 2.05) is 6.92 Å². The molecule has 1 N–H and O–H groups in total. The van der Waals surface area contributed by atoms with Crippen molar-refractivity contribution in [3.8, 4) is 0 Å². The molecule has 72 valence electrons. The third-order valence-electron chi connectivity index (χ3n) is 2.35. The van der Waals surface area contributed by atoms with Crippen LogP contribution in [0.4, 0.5) is 4.39 Å². The van der Waals surface area contributed by atoms with Crippen molar-refractivity contribution < 1.29 is 4.39 Å². The Bertz CT molecular complexity index is 557. The summed E-state index contributed by atoms with van der Waals surface area (Å²) in [4.78, 5) is 13.8. The molecule has 0 aliphatic rings. The maximum Gasteiger partial charge on any atom is 0.248 e. The van der Waals surface area contributed by atoms with Crippen molar-refractivity contribution in [1.29, 1.82) is 0 Å². The van der Waals surface area contributed by atoms with Gasteiger partial charge in [0.05, 0.1) is 5.52 Å². The Labute approximate surface area is 80.4 Å². The molecule has 1 heterocycles. The van der Waals surface area contributed by atoms with Gasteiger partial charge in [-0.25, -0.2) is 4.39 Å². The van der Waals surface area contributed by atoms with Gasteiger partial charge in [-0.3, -0.25) is 4.79 Å². The highest BCUT2D eigenvalue weighted by Crippen LogP contribution is 2.20. The van der Waals surface area contributed by atoms with Crippen LogP contribution >= 0.6 is 0 Å². The van der Waals surface area contributed by atoms with Gasteiger partial charge in [-0.05, 0) is 31.0 Å². The largest absolute Gasteiger partial charge is 0.322 e. The molecule has 0 aliphatic heterocycles. The number of benzene rings is 1. The van der Waals surface area contributed by atoms with Crippen molar-refractivity contribution in [1.82, 2.24) is 4.98 Å². The van der Waals surface area contributed by atoms with Crippen LogP contribution in [0.1, 0.15) is 11.1 Å². The number of nitrogens with one attached hydrogen (secondary N) is 1. The number of halogens is 1. The quantitative estimate of drug-likeness (QED) is 0.680. The van der Waals surface area contributed by atoms with Gasteiger partial charge in [0.25, 0.3) is 0 Å². The smallest absolute Gasteiger partial charge is 0.248 e. The molecule has 0 saturated heterocycles. The number of aryl methyl sites for hydroxylation is 2. The van der Waals surface area contributed by atoms with E-state index in [0.29, 0.717) is 16.5 Å². The summed E-state index contributed by atoms with van der Waals surface area (Å²) in [6, 6.07) is 4.49. The second kappa shape index (κ2) is 2.94. The number of aromatic nitrogens is 1. The topological polar surface area (TPSA) is 32.9 Å². The van der Waals surface area contributed by atoms with E-state index in [0.717, 1.165) is 5.56 Å². The van der Waals surface area contributed by atoms with Gasteiger partial charge in [-0.15, -0.1) is 0 Å². The van der Waals surface area contributed by atoms with Crippen molar-refractivity contribution in [3.05, 3.63) is 45.5 Å². The first-order chi connectivity index (χ1) is 6.59. The number of hydrogen-bond acceptors (Lipinski definition) is 1. The summed E-state index contributed by atoms with van der Waals surface area (Å²) in [7, 11) is 0. The predicted octanol–water partition coefficient (Wildman–Crippen LogP) is 2.28. The van der Waals surface area contributed by atoms with Crippen LogP contribution in [0.3, 0.4) is 0 Å². The Morgan fingerprint density at radius 3 is 2.64 bits per heavy atom. The molecule has 0 spiro atoms. The number of fused-ring (bicyclic) bond motifs is 1. The van der Waals surface area contributed by atoms with Crippen molar-refractivity contribution in [2.45, 2.75) is 13.8 Å². The Balaban J connectivity index is 3.07. The molecule has 0 fully saturated rings. The third-order valence-corrected chi connectivity index (χ3v) is 2.35. The highest BCUT2D eigenvalue weighted by molar-refractivity contribution is 5.85. The number of aromatic amines is 1. The molecular weight excluding hydrogens is 181 g/mol. The second-order valence-corrected chi connectivity index (χ2v) is 3.43. The Morgan fingerprint density at radius 2 is 1.93 bits per heavy atom. The summed E-state index contributed by atoms with van der Waals surface area (Å²) < 4.78 is 13.4. The lowest BCUT2D eigenvalue weighted by Gasteiger charge is -2.05. The zero-order chi connectivity index (χ0) is 10.3. The van der Waals surface area contributed by atoms with E-state index in [1.54, 1.807) is 13.0 Å². The van der Waals surface area contributed by atoms with Gasteiger partial charge in [-0.1, -0.05) is 6.07 Å². The molecule has 2 aromatic rings. The maximum absolute atomic E-state index is 13.4. The lowest BCUT2D eigenvalue weighted by atomic mass is 10.1. The normalized spacial score (nSPS) is 10.8. The molecule has 2 rings (SSSR count). The first-order valence-electron chi connectivity index (χ1n) is 4.38. The van der Waals surface area contributed by atoms with Crippen LogP contribution in [0, 0.1) is 19.7 Å². The van der Waals surface area contributed by atoms with Crippen LogP contribution in [0.15, 0.2) is 23.0 Å². The van der Waals surface area contributed by atoms with E-state index >= 15 is 0 Å². The van der Waals surface area contributed by atoms with Gasteiger partial charge in [0.2, 0.25) is 5.56 Å². The van der Waals surface area contributed by atoms with Crippen molar-refractivity contribution in [2.75, 3.05) is 0 Å². The zero-order valence-corrected chi connectivity index (χ0v) is 8.02. The van der Waals surface area contributed by atoms with E-state index < -0.39 is 0 Å². The average Bonchev–Trinajstić information content (AvgIpc) is 2.10. The van der Waals surface area contributed by atoms with Crippen molar-refractivity contribution in [3.63, 3.8) is 0 Å². The number of H-pyrrole nitrogens is 1. The molecule has 0 bridgehead atoms. The zero-order valence-electron chi connectivity index (χ0n) is 8.02. The number of hydrogen-bond donors (Lipinski definition) is 1. The summed E-state index contributed by atoms with van der Waals surface area (Å²) in [6.45, 7) is 3.58. The third kappa shape index (κ3) is 1.21. The first-order valence-corrected chi connectivity index (χ1v) is 4.38. The van der Waals surface area contributed by atoms with Gasteiger partial charge in [0.1, 0.15) is 5.82 Å². The van der Waals surface area contributed by atoms with Gasteiger partial charge in [0.15, 0.2) is 0 Å². The maximum atomic E-state index is 13.4. The van der Waals surface area contributed by atoms with Crippen LogP contribution in [0.2, 0.25) is 0 Å². The molecule has 0 radical (unpaired) electrons. The average molecular weight is 191 g/mol. The Morgan fingerprint density at radius 1 is 1.21 bits per heavy atom. The van der Waals surface area contributed by atoms with E-state index in [2.05, 4.69) is 4.98 Å². The molecule has 1 aromatic heterocycles. The summed E-state index contributed by atoms with van der Waals surface area (Å²) in [5.74, 6) is -0.292. The van der Waals surface area contributed by atoms with Gasteiger partial charge in [-0.2, -0.15) is 0 Å². The summed E-state index contributed by atoms with van der Waals surface area (Å²) in [6.07, 6.45) is 0. The SMILES string of the molecule is Cc1ccc(F)c2c(C)cc(=O)[nH]c12. The summed E-state index contributed by atoms with van der Waals surface area (Å²) in [5.41, 5.74) is 1.95. The highest BCUT2D eigenvalue weighted by atomic mass is 19.1. The van der Waals surface area contributed by atoms with E-state index in [1.165, 1.54) is 12.1 Å². The fourth-order valence-corrected chi connectivity index (χ4v) is 1.66. The molecular formula is C11H10FNO. The van der Waals surface area contributed by atoms with Crippen LogP contribution in [0.25, 0.3) is 10.9 Å². The second-order valence-electron chi connectivity index (χ2n) is 3.43. The molecule has 0 aliphatic carbocycles. The minimum atomic E-state index is -0.292. The van der Waals surface area contributed by atoms with Crippen LogP contribution in [-0.2, 0) is 0 Å². The standard InChI is InChI=1S/C11H10FNO/c1-6-3-4-8(12)10-7(2)5-9(14)13-11(6)10/h3-5H,1-2H3,(H,13,14). The van der Waals surface area contributed by atoms with Gasteiger partial charge in [0, 0.05) is 11.5 Å². The van der Waals surface area contributed by atoms with Crippen LogP contribution < -0.4 is 5.56 Å². The minimum Gasteiger partial charge on any atom is -0.322 e. The fourth-order valence-electron chi connectivity index (χ4n) is 1.66. The molecule has 1 aromatic carbocycles. The van der Waals surface area contributed by atoms with E-state index in [9.17, 15) is 9.18 Å². The number of rotatable bonds is 0. The van der Waals surface area contributed by atoms with Crippen molar-refractivity contribution >= 4 is 10.9 Å². The summed E-state index contributed by atoms with van der Waals surface area (Å²) in [5, 5.41) is 0.504. The molecule has 0 saturated carbocycles. The summed E-state index contributed by atoms with van der Waals surface area (Å²) >= 11 is 0. The monoisotopic (exact) mass is 191 g/mol. The Hall–Kier alpha value is -1.64. The fraction of sp³-hybridized carbons (Fsp3) is 0.182.